The van der Waals surface area contributed by atoms with E-state index in [1.807, 2.05) is 0 Å². The molecule has 0 radical (unpaired) electrons. The number of carbonyl (C=O) groups is 1. The second-order valence-electron chi connectivity index (χ2n) is 4.84. The molecule has 0 aliphatic heterocycles. The molecule has 0 bridgehead atoms. The second kappa shape index (κ2) is 6.05. The van der Waals surface area contributed by atoms with Crippen LogP contribution in [0.2, 0.25) is 5.02 Å². The molecule has 0 saturated heterocycles. The number of halogens is 1. The van der Waals surface area contributed by atoms with Crippen LogP contribution in [-0.4, -0.2) is 20.2 Å². The van der Waals surface area contributed by atoms with Crippen LogP contribution in [0, 0.1) is 10.1 Å². The molecule has 0 unspecified atom stereocenters. The van der Waals surface area contributed by atoms with Crippen molar-refractivity contribution >= 4 is 28.8 Å². The van der Waals surface area contributed by atoms with Gasteiger partial charge in [0.1, 0.15) is 5.65 Å². The summed E-state index contributed by atoms with van der Waals surface area (Å²) in [5, 5.41) is 14.0. The Hall–Kier alpha value is -2.93. The molecule has 1 aromatic carbocycles. The average Bonchev–Trinajstić information content (AvgIpc) is 2.94. The lowest BCUT2D eigenvalue weighted by Crippen LogP contribution is -2.23. The lowest BCUT2D eigenvalue weighted by atomic mass is 10.2. The highest BCUT2D eigenvalue weighted by molar-refractivity contribution is 6.30. The predicted octanol–water partition coefficient (Wildman–Crippen LogP) is 2.83. The third-order valence-electron chi connectivity index (χ3n) is 3.21. The summed E-state index contributed by atoms with van der Waals surface area (Å²) in [6.07, 6.45) is 3.48. The van der Waals surface area contributed by atoms with E-state index in [0.29, 0.717) is 16.4 Å². The number of carbonyl (C=O) groups excluding carboxylic acids is 1. The van der Waals surface area contributed by atoms with Gasteiger partial charge in [-0.2, -0.15) is 0 Å². The van der Waals surface area contributed by atoms with Crippen LogP contribution < -0.4 is 5.32 Å². The minimum absolute atomic E-state index is 0.125. The van der Waals surface area contributed by atoms with E-state index in [-0.39, 0.29) is 17.8 Å². The Morgan fingerprint density at radius 1 is 1.30 bits per heavy atom. The number of rotatable bonds is 4. The van der Waals surface area contributed by atoms with Gasteiger partial charge in [0.2, 0.25) is 0 Å². The van der Waals surface area contributed by atoms with Gasteiger partial charge in [-0.05, 0) is 18.2 Å². The Bertz CT molecular complexity index is 907. The van der Waals surface area contributed by atoms with Crippen molar-refractivity contribution < 1.29 is 9.72 Å². The van der Waals surface area contributed by atoms with E-state index in [1.54, 1.807) is 28.9 Å². The Kier molecular flexibility index (Phi) is 3.94. The summed E-state index contributed by atoms with van der Waals surface area (Å²) >= 11 is 5.90. The number of non-ortho nitro benzene ring substituents is 1. The fraction of sp³-hybridized carbons (Fsp3) is 0.0667. The molecular weight excluding hydrogens is 320 g/mol. The topological polar surface area (TPSA) is 89.5 Å². The third kappa shape index (κ3) is 3.29. The number of nitrogens with zero attached hydrogens (tertiary/aromatic N) is 3. The number of imidazole rings is 1. The van der Waals surface area contributed by atoms with Crippen LogP contribution in [0.25, 0.3) is 5.65 Å². The summed E-state index contributed by atoms with van der Waals surface area (Å²) in [5.41, 5.74) is 1.48. The number of nitro groups is 1. The first kappa shape index (κ1) is 15.0. The molecule has 0 fully saturated rings. The molecule has 0 aliphatic rings. The van der Waals surface area contributed by atoms with Gasteiger partial charge in [-0.3, -0.25) is 14.9 Å². The van der Waals surface area contributed by atoms with Gasteiger partial charge in [-0.15, -0.1) is 0 Å². The van der Waals surface area contributed by atoms with Gasteiger partial charge in [0.15, 0.2) is 0 Å². The van der Waals surface area contributed by atoms with Crippen molar-refractivity contribution in [3.63, 3.8) is 0 Å². The molecule has 1 amide bonds. The fourth-order valence-corrected chi connectivity index (χ4v) is 2.30. The SMILES string of the molecule is O=C(NCc1cn2cc(Cl)ccc2n1)c1cccc([N+](=O)[O-])c1. The maximum atomic E-state index is 12.1. The van der Waals surface area contributed by atoms with Crippen LogP contribution in [0.3, 0.4) is 0 Å². The number of nitro benzene ring substituents is 1. The van der Waals surface area contributed by atoms with Crippen LogP contribution in [0.5, 0.6) is 0 Å². The van der Waals surface area contributed by atoms with Crippen LogP contribution in [0.15, 0.2) is 48.8 Å². The molecule has 3 rings (SSSR count). The van der Waals surface area contributed by atoms with Crippen LogP contribution >= 0.6 is 11.6 Å². The smallest absolute Gasteiger partial charge is 0.270 e. The number of aromatic nitrogens is 2. The normalized spacial score (nSPS) is 10.7. The molecule has 2 heterocycles. The average molecular weight is 331 g/mol. The molecule has 3 aromatic rings. The summed E-state index contributed by atoms with van der Waals surface area (Å²) < 4.78 is 1.76. The Balaban J connectivity index is 1.72. The molecule has 0 aliphatic carbocycles. The Morgan fingerprint density at radius 3 is 2.91 bits per heavy atom. The van der Waals surface area contributed by atoms with E-state index in [4.69, 9.17) is 11.6 Å². The third-order valence-corrected chi connectivity index (χ3v) is 3.44. The van der Waals surface area contributed by atoms with Gasteiger partial charge in [-0.1, -0.05) is 17.7 Å². The van der Waals surface area contributed by atoms with E-state index >= 15 is 0 Å². The summed E-state index contributed by atoms with van der Waals surface area (Å²) in [6, 6.07) is 9.07. The van der Waals surface area contributed by atoms with E-state index in [1.165, 1.54) is 24.3 Å². The second-order valence-corrected chi connectivity index (χ2v) is 5.27. The number of nitrogens with one attached hydrogen (secondary N) is 1. The van der Waals surface area contributed by atoms with Gasteiger partial charge >= 0.3 is 0 Å². The fourth-order valence-electron chi connectivity index (χ4n) is 2.14. The summed E-state index contributed by atoms with van der Waals surface area (Å²) in [4.78, 5) is 26.6. The van der Waals surface area contributed by atoms with Crippen LogP contribution in [-0.2, 0) is 6.54 Å². The molecule has 2 aromatic heterocycles. The lowest BCUT2D eigenvalue weighted by Gasteiger charge is -2.03. The first-order valence-electron chi connectivity index (χ1n) is 6.69. The van der Waals surface area contributed by atoms with Crippen molar-refractivity contribution in [2.75, 3.05) is 0 Å². The van der Waals surface area contributed by atoms with Gasteiger partial charge < -0.3 is 9.72 Å². The Morgan fingerprint density at radius 2 is 2.13 bits per heavy atom. The molecular formula is C15H11ClN4O3. The zero-order valence-electron chi connectivity index (χ0n) is 11.8. The number of hydrogen-bond acceptors (Lipinski definition) is 4. The van der Waals surface area contributed by atoms with Gasteiger partial charge in [0.25, 0.3) is 11.6 Å². The molecule has 0 spiro atoms. The van der Waals surface area contributed by atoms with Gasteiger partial charge in [0.05, 0.1) is 22.2 Å². The van der Waals surface area contributed by atoms with E-state index in [2.05, 4.69) is 10.3 Å². The zero-order valence-corrected chi connectivity index (χ0v) is 12.5. The molecule has 1 N–H and O–H groups in total. The first-order chi connectivity index (χ1) is 11.0. The largest absolute Gasteiger partial charge is 0.346 e. The standard InChI is InChI=1S/C15H11ClN4O3/c16-11-4-5-14-18-12(9-19(14)8-11)7-17-15(21)10-2-1-3-13(6-10)20(22)23/h1-6,8-9H,7H2,(H,17,21). The van der Waals surface area contributed by atoms with Crippen molar-refractivity contribution in [2.45, 2.75) is 6.54 Å². The lowest BCUT2D eigenvalue weighted by molar-refractivity contribution is -0.384. The molecule has 0 atom stereocenters. The number of pyridine rings is 1. The maximum absolute atomic E-state index is 12.1. The van der Waals surface area contributed by atoms with Gasteiger partial charge in [0, 0.05) is 30.1 Å². The van der Waals surface area contributed by atoms with Crippen molar-refractivity contribution in [3.05, 3.63) is 75.2 Å². The molecule has 23 heavy (non-hydrogen) atoms. The zero-order chi connectivity index (χ0) is 16.4. The van der Waals surface area contributed by atoms with E-state index in [9.17, 15) is 14.9 Å². The Labute approximate surface area is 135 Å². The maximum Gasteiger partial charge on any atom is 0.270 e. The molecule has 7 nitrogen and oxygen atoms in total. The minimum Gasteiger partial charge on any atom is -0.346 e. The van der Waals surface area contributed by atoms with Gasteiger partial charge in [-0.25, -0.2) is 4.98 Å². The highest BCUT2D eigenvalue weighted by Gasteiger charge is 2.12. The monoisotopic (exact) mass is 330 g/mol. The van der Waals surface area contributed by atoms with E-state index in [0.717, 1.165) is 0 Å². The highest BCUT2D eigenvalue weighted by atomic mass is 35.5. The summed E-state index contributed by atoms with van der Waals surface area (Å²) in [6.45, 7) is 0.209. The molecule has 0 saturated carbocycles. The van der Waals surface area contributed by atoms with E-state index < -0.39 is 10.8 Å². The van der Waals surface area contributed by atoms with Crippen molar-refractivity contribution in [1.82, 2.24) is 14.7 Å². The van der Waals surface area contributed by atoms with Crippen molar-refractivity contribution in [2.24, 2.45) is 0 Å². The predicted molar refractivity (Wildman–Crippen MR) is 84.5 cm³/mol. The quantitative estimate of drug-likeness (QED) is 0.588. The number of hydrogen-bond donors (Lipinski definition) is 1. The van der Waals surface area contributed by atoms with Crippen molar-refractivity contribution in [1.29, 1.82) is 0 Å². The summed E-state index contributed by atoms with van der Waals surface area (Å²) in [5.74, 6) is -0.399. The highest BCUT2D eigenvalue weighted by Crippen LogP contribution is 2.14. The first-order valence-corrected chi connectivity index (χ1v) is 7.06. The number of fused-ring (bicyclic) bond motifs is 1. The number of benzene rings is 1. The minimum atomic E-state index is -0.539. The van der Waals surface area contributed by atoms with Crippen LogP contribution in [0.4, 0.5) is 5.69 Å². The van der Waals surface area contributed by atoms with Crippen LogP contribution in [0.1, 0.15) is 16.1 Å². The molecule has 8 heteroatoms. The van der Waals surface area contributed by atoms with Crippen molar-refractivity contribution in [3.8, 4) is 0 Å². The molecule has 116 valence electrons. The number of amides is 1. The summed E-state index contributed by atoms with van der Waals surface area (Å²) in [7, 11) is 0.